The second kappa shape index (κ2) is 11.6. The van der Waals surface area contributed by atoms with E-state index in [-0.39, 0.29) is 58.4 Å². The summed E-state index contributed by atoms with van der Waals surface area (Å²) in [5, 5.41) is 4.36. The highest BCUT2D eigenvalue weighted by atomic mass is 35.5. The molecule has 0 radical (unpaired) electrons. The molecular formula is C31H36Cl2N4O5S. The second-order valence-corrected chi connectivity index (χ2v) is 14.8. The van der Waals surface area contributed by atoms with E-state index in [0.29, 0.717) is 16.9 Å². The fraction of sp³-hybridized carbons (Fsp3) is 0.484. The average molecular weight is 648 g/mol. The van der Waals surface area contributed by atoms with Crippen molar-refractivity contribution in [3.63, 3.8) is 0 Å². The molecule has 12 heteroatoms. The Morgan fingerprint density at radius 1 is 0.953 bits per heavy atom. The third kappa shape index (κ3) is 5.87. The van der Waals surface area contributed by atoms with E-state index in [0.717, 1.165) is 31.2 Å². The van der Waals surface area contributed by atoms with Crippen LogP contribution in [-0.2, 0) is 26.0 Å². The summed E-state index contributed by atoms with van der Waals surface area (Å²) in [5.74, 6) is 0.627. The van der Waals surface area contributed by atoms with Crippen molar-refractivity contribution >= 4 is 45.0 Å². The van der Waals surface area contributed by atoms with Crippen LogP contribution < -0.4 is 10.1 Å². The molecule has 2 unspecified atom stereocenters. The highest BCUT2D eigenvalue weighted by Gasteiger charge is 2.52. The summed E-state index contributed by atoms with van der Waals surface area (Å²) in [7, 11) is -2.90. The molecule has 2 aromatic carbocycles. The van der Waals surface area contributed by atoms with Gasteiger partial charge in [-0.05, 0) is 87.3 Å². The summed E-state index contributed by atoms with van der Waals surface area (Å²) in [4.78, 5) is 31.2. The summed E-state index contributed by atoms with van der Waals surface area (Å²) in [6.07, 6.45) is 6.05. The topological polar surface area (TPSA) is 99.3 Å². The molecule has 1 N–H and O–H groups in total. The molecule has 1 saturated heterocycles. The molecule has 0 bridgehead atoms. The van der Waals surface area contributed by atoms with Crippen molar-refractivity contribution in [2.75, 3.05) is 13.7 Å². The molecule has 2 atom stereocenters. The number of nitrogens with zero attached hydrogens (tertiary/aromatic N) is 3. The molecule has 4 aliphatic rings. The Balaban J connectivity index is 1.47. The molecule has 43 heavy (non-hydrogen) atoms. The number of halogens is 2. The summed E-state index contributed by atoms with van der Waals surface area (Å²) in [5.41, 5.74) is 0.801. The summed E-state index contributed by atoms with van der Waals surface area (Å²) >= 11 is 12.4. The number of ether oxygens (including phenoxy) is 1. The normalized spacial score (nSPS) is 22.8. The summed E-state index contributed by atoms with van der Waals surface area (Å²) < 4.78 is 35.7. The molecule has 2 saturated carbocycles. The Hall–Kier alpha value is -2.79. The average Bonchev–Trinajstić information content (AvgIpc) is 3.89. The lowest BCUT2D eigenvalue weighted by Crippen LogP contribution is -2.68. The van der Waals surface area contributed by atoms with Crippen LogP contribution in [0.2, 0.25) is 10.0 Å². The fourth-order valence-corrected chi connectivity index (χ4v) is 8.20. The van der Waals surface area contributed by atoms with E-state index in [1.54, 1.807) is 18.2 Å². The molecule has 0 aromatic heterocycles. The Labute approximate surface area is 262 Å². The first-order valence-corrected chi connectivity index (χ1v) is 16.9. The van der Waals surface area contributed by atoms with E-state index in [4.69, 9.17) is 27.9 Å². The van der Waals surface area contributed by atoms with Crippen LogP contribution in [0.4, 0.5) is 0 Å². The summed E-state index contributed by atoms with van der Waals surface area (Å²) in [6.45, 7) is 3.59. The van der Waals surface area contributed by atoms with Crippen molar-refractivity contribution < 1.29 is 22.7 Å². The lowest BCUT2D eigenvalue weighted by molar-refractivity contribution is -0.150. The van der Waals surface area contributed by atoms with Crippen molar-refractivity contribution in [2.24, 2.45) is 11.8 Å². The highest BCUT2D eigenvalue weighted by Crippen LogP contribution is 2.45. The number of hydrogen-bond donors (Lipinski definition) is 1. The van der Waals surface area contributed by atoms with Crippen molar-refractivity contribution in [3.05, 3.63) is 70.1 Å². The van der Waals surface area contributed by atoms with Gasteiger partial charge in [0.15, 0.2) is 0 Å². The van der Waals surface area contributed by atoms with Gasteiger partial charge in [0, 0.05) is 34.7 Å². The lowest BCUT2D eigenvalue weighted by Gasteiger charge is -2.49. The van der Waals surface area contributed by atoms with Crippen LogP contribution in [-0.4, -0.2) is 72.2 Å². The monoisotopic (exact) mass is 646 g/mol. The number of rotatable bonds is 10. The van der Waals surface area contributed by atoms with Gasteiger partial charge in [-0.2, -0.15) is 0 Å². The lowest BCUT2D eigenvalue weighted by atomic mass is 9.98. The van der Waals surface area contributed by atoms with Gasteiger partial charge >= 0.3 is 0 Å². The van der Waals surface area contributed by atoms with Crippen LogP contribution >= 0.6 is 23.2 Å². The van der Waals surface area contributed by atoms with Gasteiger partial charge < -0.3 is 15.0 Å². The molecule has 2 aromatic rings. The predicted octanol–water partition coefficient (Wildman–Crippen LogP) is 4.64. The number of methoxy groups -OCH3 is 1. The fourth-order valence-electron chi connectivity index (χ4n) is 6.19. The van der Waals surface area contributed by atoms with Crippen LogP contribution in [0.15, 0.2) is 59.4 Å². The Morgan fingerprint density at radius 3 is 2.16 bits per heavy atom. The van der Waals surface area contributed by atoms with E-state index in [1.807, 2.05) is 26.0 Å². The van der Waals surface area contributed by atoms with Crippen LogP contribution in [0.1, 0.15) is 45.1 Å². The number of benzene rings is 2. The summed E-state index contributed by atoms with van der Waals surface area (Å²) in [6, 6.07) is 9.60. The minimum Gasteiger partial charge on any atom is -0.495 e. The zero-order valence-electron chi connectivity index (χ0n) is 24.4. The van der Waals surface area contributed by atoms with Gasteiger partial charge in [-0.25, -0.2) is 12.7 Å². The van der Waals surface area contributed by atoms with Gasteiger partial charge in [0.05, 0.1) is 13.7 Å². The first-order chi connectivity index (χ1) is 20.5. The maximum absolute atomic E-state index is 14.5. The molecule has 9 nitrogen and oxygen atoms in total. The number of amides is 2. The molecule has 230 valence electrons. The van der Waals surface area contributed by atoms with Gasteiger partial charge in [0.25, 0.3) is 10.0 Å². The number of hydrogen-bond acceptors (Lipinski definition) is 6. The molecular weight excluding hydrogens is 611 g/mol. The van der Waals surface area contributed by atoms with Crippen LogP contribution in [0, 0.1) is 11.8 Å². The maximum atomic E-state index is 14.5. The van der Waals surface area contributed by atoms with Crippen molar-refractivity contribution in [3.8, 4) is 5.75 Å². The van der Waals surface area contributed by atoms with Crippen LogP contribution in [0.3, 0.4) is 0 Å². The van der Waals surface area contributed by atoms with Gasteiger partial charge in [-0.15, -0.1) is 0 Å². The highest BCUT2D eigenvalue weighted by molar-refractivity contribution is 7.89. The van der Waals surface area contributed by atoms with Crippen molar-refractivity contribution in [1.82, 2.24) is 19.4 Å². The molecule has 6 rings (SSSR count). The SMILES string of the molecule is COc1ccc(Cl)cc1S(=O)(=O)N1CC(NC(C2CC2)C2CC2)C(=O)N2C1=CN(C(C)C)C(=O)C2Cc1ccc(Cl)cc1. The third-order valence-corrected chi connectivity index (χ3v) is 11.0. The zero-order valence-corrected chi connectivity index (χ0v) is 26.7. The molecule has 2 amide bonds. The first-order valence-electron chi connectivity index (χ1n) is 14.7. The molecule has 2 heterocycles. The van der Waals surface area contributed by atoms with E-state index < -0.39 is 22.1 Å². The van der Waals surface area contributed by atoms with Crippen LogP contribution in [0.5, 0.6) is 5.75 Å². The minimum atomic E-state index is -4.30. The van der Waals surface area contributed by atoms with E-state index in [1.165, 1.54) is 39.5 Å². The van der Waals surface area contributed by atoms with Gasteiger partial charge in [0.2, 0.25) is 11.8 Å². The number of fused-ring (bicyclic) bond motifs is 1. The largest absolute Gasteiger partial charge is 0.495 e. The molecule has 3 fully saturated rings. The number of nitrogens with one attached hydrogen (secondary N) is 1. The molecule has 0 spiro atoms. The maximum Gasteiger partial charge on any atom is 0.269 e. The first kappa shape index (κ1) is 30.2. The smallest absolute Gasteiger partial charge is 0.269 e. The number of sulfonamides is 1. The van der Waals surface area contributed by atoms with Crippen molar-refractivity contribution in [2.45, 2.75) is 75.0 Å². The third-order valence-electron chi connectivity index (χ3n) is 8.74. The number of carbonyl (C=O) groups is 2. The predicted molar refractivity (Wildman–Crippen MR) is 164 cm³/mol. The zero-order chi connectivity index (χ0) is 30.6. The van der Waals surface area contributed by atoms with Crippen LogP contribution in [0.25, 0.3) is 0 Å². The van der Waals surface area contributed by atoms with Crippen molar-refractivity contribution in [1.29, 1.82) is 0 Å². The van der Waals surface area contributed by atoms with E-state index >= 15 is 0 Å². The quantitative estimate of drug-likeness (QED) is 0.404. The van der Waals surface area contributed by atoms with Gasteiger partial charge in [-0.3, -0.25) is 14.5 Å². The van der Waals surface area contributed by atoms with Gasteiger partial charge in [-0.1, -0.05) is 35.3 Å². The Morgan fingerprint density at radius 2 is 1.58 bits per heavy atom. The minimum absolute atomic E-state index is 0.111. The Kier molecular flexibility index (Phi) is 8.17. The second-order valence-electron chi connectivity index (χ2n) is 12.1. The van der Waals surface area contributed by atoms with Gasteiger partial charge in [0.1, 0.15) is 28.5 Å². The van der Waals surface area contributed by atoms with E-state index in [2.05, 4.69) is 5.32 Å². The standard InChI is InChI=1S/C31H36Cl2N4O5S/c1-18(2)35-17-28-36(43(40,41)27-15-23(33)12-13-26(27)42-3)16-24(34-29(20-6-7-20)21-8-9-21)30(38)37(28)25(31(35)39)14-19-4-10-22(32)11-5-19/h4-5,10-13,15,17-18,20-21,24-25,29,34H,6-9,14,16H2,1-3H3. The molecule has 2 aliphatic carbocycles. The number of carbonyl (C=O) groups excluding carboxylic acids is 2. The Bertz CT molecular complexity index is 1540. The van der Waals surface area contributed by atoms with E-state index in [9.17, 15) is 18.0 Å². The molecule has 2 aliphatic heterocycles.